The smallest absolute Gasteiger partial charge is 0.243 e. The first-order chi connectivity index (χ1) is 11.4. The van der Waals surface area contributed by atoms with Gasteiger partial charge in [-0.2, -0.15) is 4.98 Å². The second-order valence-electron chi connectivity index (χ2n) is 6.86. The Bertz CT molecular complexity index is 787. The van der Waals surface area contributed by atoms with Crippen LogP contribution < -0.4 is 5.32 Å². The third-order valence-electron chi connectivity index (χ3n) is 3.69. The van der Waals surface area contributed by atoms with Gasteiger partial charge < -0.3 is 14.4 Å². The molecule has 1 aromatic carbocycles. The second-order valence-corrected chi connectivity index (χ2v) is 6.86. The molecule has 0 fully saturated rings. The molecule has 0 spiro atoms. The Kier molecular flexibility index (Phi) is 4.49. The van der Waals surface area contributed by atoms with E-state index >= 15 is 0 Å². The Balaban J connectivity index is 1.62. The molecule has 1 unspecified atom stereocenters. The summed E-state index contributed by atoms with van der Waals surface area (Å²) in [7, 11) is 0. The maximum absolute atomic E-state index is 5.40. The van der Waals surface area contributed by atoms with Crippen LogP contribution in [-0.4, -0.2) is 15.3 Å². The van der Waals surface area contributed by atoms with Crippen LogP contribution in [-0.2, 0) is 12.0 Å². The zero-order chi connectivity index (χ0) is 17.2. The number of rotatable bonds is 5. The van der Waals surface area contributed by atoms with Crippen LogP contribution >= 0.6 is 0 Å². The summed E-state index contributed by atoms with van der Waals surface area (Å²) in [6.45, 7) is 8.71. The van der Waals surface area contributed by atoms with Gasteiger partial charge in [-0.25, -0.2) is 0 Å². The van der Waals surface area contributed by atoms with Crippen LogP contribution in [0.2, 0.25) is 0 Å². The number of nitrogens with one attached hydrogen (secondary N) is 1. The fraction of sp³-hybridized carbons (Fsp3) is 0.389. The lowest BCUT2D eigenvalue weighted by atomic mass is 9.96. The molecule has 24 heavy (non-hydrogen) atoms. The maximum atomic E-state index is 5.40. The van der Waals surface area contributed by atoms with E-state index in [2.05, 4.69) is 41.4 Å². The first-order valence-corrected chi connectivity index (χ1v) is 8.02. The van der Waals surface area contributed by atoms with Gasteiger partial charge in [0.25, 0.3) is 0 Å². The topological polar surface area (TPSA) is 77.0 Å². The fourth-order valence-electron chi connectivity index (χ4n) is 2.19. The molecule has 2 heterocycles. The van der Waals surface area contributed by atoms with Crippen LogP contribution in [0.15, 0.2) is 45.4 Å². The molecule has 0 saturated heterocycles. The lowest BCUT2D eigenvalue weighted by Gasteiger charge is -2.11. The molecule has 0 amide bonds. The number of nitrogens with zero attached hydrogens (tertiary/aromatic N) is 3. The Morgan fingerprint density at radius 2 is 1.83 bits per heavy atom. The largest absolute Gasteiger partial charge is 0.356 e. The molecule has 0 bridgehead atoms. The van der Waals surface area contributed by atoms with Crippen LogP contribution in [0.25, 0.3) is 11.3 Å². The first kappa shape index (κ1) is 16.4. The quantitative estimate of drug-likeness (QED) is 0.767. The van der Waals surface area contributed by atoms with E-state index in [0.29, 0.717) is 18.3 Å². The highest BCUT2D eigenvalue weighted by Gasteiger charge is 2.23. The van der Waals surface area contributed by atoms with Gasteiger partial charge in [0.2, 0.25) is 5.89 Å². The lowest BCUT2D eigenvalue weighted by Crippen LogP contribution is -2.19. The van der Waals surface area contributed by atoms with Crippen molar-refractivity contribution in [2.24, 2.45) is 0 Å². The van der Waals surface area contributed by atoms with Crippen LogP contribution in [0.5, 0.6) is 0 Å². The molecule has 0 aliphatic rings. The van der Waals surface area contributed by atoms with E-state index in [4.69, 9.17) is 9.05 Å². The number of hydrogen-bond donors (Lipinski definition) is 1. The fourth-order valence-corrected chi connectivity index (χ4v) is 2.19. The predicted molar refractivity (Wildman–Crippen MR) is 90.2 cm³/mol. The van der Waals surface area contributed by atoms with Crippen LogP contribution in [0.4, 0.5) is 0 Å². The molecule has 1 atom stereocenters. The molecule has 0 aliphatic carbocycles. The number of aromatic nitrogens is 3. The van der Waals surface area contributed by atoms with Crippen LogP contribution in [0, 0.1) is 0 Å². The highest BCUT2D eigenvalue weighted by Crippen LogP contribution is 2.22. The Morgan fingerprint density at radius 3 is 2.50 bits per heavy atom. The maximum Gasteiger partial charge on any atom is 0.243 e. The summed E-state index contributed by atoms with van der Waals surface area (Å²) in [5, 5.41) is 11.5. The van der Waals surface area contributed by atoms with Crippen LogP contribution in [0.3, 0.4) is 0 Å². The minimum absolute atomic E-state index is 0.0644. The highest BCUT2D eigenvalue weighted by molar-refractivity contribution is 5.56. The molecular weight excluding hydrogens is 304 g/mol. The van der Waals surface area contributed by atoms with Gasteiger partial charge in [0, 0.05) is 23.6 Å². The third-order valence-corrected chi connectivity index (χ3v) is 3.69. The lowest BCUT2D eigenvalue weighted by molar-refractivity contribution is 0.328. The van der Waals surface area contributed by atoms with Crippen molar-refractivity contribution in [2.45, 2.75) is 45.7 Å². The van der Waals surface area contributed by atoms with Crippen LogP contribution in [0.1, 0.15) is 51.1 Å². The molecule has 126 valence electrons. The predicted octanol–water partition coefficient (Wildman–Crippen LogP) is 3.87. The van der Waals surface area contributed by atoms with Crippen molar-refractivity contribution in [2.75, 3.05) is 0 Å². The second kappa shape index (κ2) is 6.57. The Labute approximate surface area is 141 Å². The van der Waals surface area contributed by atoms with Crippen molar-refractivity contribution in [3.05, 3.63) is 53.8 Å². The Morgan fingerprint density at radius 1 is 1.08 bits per heavy atom. The van der Waals surface area contributed by atoms with Gasteiger partial charge in [0.15, 0.2) is 11.6 Å². The van der Waals surface area contributed by atoms with Crippen molar-refractivity contribution in [1.29, 1.82) is 0 Å². The minimum atomic E-state index is -0.127. The SMILES string of the molecule is CC(NCc1cc(-c2ccccc2)on1)c1nc(C(C)(C)C)no1. The minimum Gasteiger partial charge on any atom is -0.356 e. The van der Waals surface area contributed by atoms with Gasteiger partial charge in [-0.05, 0) is 6.92 Å². The summed E-state index contributed by atoms with van der Waals surface area (Å²) in [5.41, 5.74) is 1.71. The van der Waals surface area contributed by atoms with Gasteiger partial charge in [-0.15, -0.1) is 0 Å². The Hall–Kier alpha value is -2.47. The molecular formula is C18H22N4O2. The van der Waals surface area contributed by atoms with E-state index in [1.807, 2.05) is 43.3 Å². The van der Waals surface area contributed by atoms with Crippen molar-refractivity contribution in [3.63, 3.8) is 0 Å². The zero-order valence-electron chi connectivity index (χ0n) is 14.4. The zero-order valence-corrected chi connectivity index (χ0v) is 14.4. The van der Waals surface area contributed by atoms with Gasteiger partial charge in [-0.1, -0.05) is 61.4 Å². The molecule has 0 aliphatic heterocycles. The van der Waals surface area contributed by atoms with E-state index in [0.717, 1.165) is 17.0 Å². The van der Waals surface area contributed by atoms with Gasteiger partial charge in [-0.3, -0.25) is 0 Å². The van der Waals surface area contributed by atoms with E-state index in [1.54, 1.807) is 0 Å². The summed E-state index contributed by atoms with van der Waals surface area (Å²) < 4.78 is 10.7. The van der Waals surface area contributed by atoms with E-state index in [1.165, 1.54) is 0 Å². The monoisotopic (exact) mass is 326 g/mol. The van der Waals surface area contributed by atoms with Crippen molar-refractivity contribution in [1.82, 2.24) is 20.6 Å². The molecule has 3 aromatic rings. The average molecular weight is 326 g/mol. The molecule has 1 N–H and O–H groups in total. The van der Waals surface area contributed by atoms with E-state index in [-0.39, 0.29) is 11.5 Å². The summed E-state index contributed by atoms with van der Waals surface area (Å²) in [5.74, 6) is 2.04. The normalized spacial score (nSPS) is 13.2. The van der Waals surface area contributed by atoms with Gasteiger partial charge in [0.05, 0.1) is 11.7 Å². The van der Waals surface area contributed by atoms with Gasteiger partial charge in [0.1, 0.15) is 0 Å². The number of benzene rings is 1. The van der Waals surface area contributed by atoms with Crippen molar-refractivity contribution >= 4 is 0 Å². The highest BCUT2D eigenvalue weighted by atomic mass is 16.5. The third kappa shape index (κ3) is 3.71. The standard InChI is InChI=1S/C18H22N4O2/c1-12(16-20-17(22-24-16)18(2,3)4)19-11-14-10-15(23-21-14)13-8-6-5-7-9-13/h5-10,12,19H,11H2,1-4H3. The summed E-state index contributed by atoms with van der Waals surface area (Å²) >= 11 is 0. The molecule has 0 saturated carbocycles. The summed E-state index contributed by atoms with van der Waals surface area (Å²) in [6, 6.07) is 11.8. The molecule has 2 aromatic heterocycles. The molecule has 6 nitrogen and oxygen atoms in total. The molecule has 3 rings (SSSR count). The van der Waals surface area contributed by atoms with Crippen molar-refractivity contribution in [3.8, 4) is 11.3 Å². The summed E-state index contributed by atoms with van der Waals surface area (Å²) in [6.07, 6.45) is 0. The summed E-state index contributed by atoms with van der Waals surface area (Å²) in [4.78, 5) is 4.46. The molecule has 6 heteroatoms. The van der Waals surface area contributed by atoms with E-state index < -0.39 is 0 Å². The molecule has 0 radical (unpaired) electrons. The first-order valence-electron chi connectivity index (χ1n) is 8.02. The van der Waals surface area contributed by atoms with Gasteiger partial charge >= 0.3 is 0 Å². The van der Waals surface area contributed by atoms with Crippen molar-refractivity contribution < 1.29 is 9.05 Å². The van der Waals surface area contributed by atoms with E-state index in [9.17, 15) is 0 Å². The number of hydrogen-bond acceptors (Lipinski definition) is 6. The average Bonchev–Trinajstić information content (AvgIpc) is 3.22.